The number of anilines is 1. The highest BCUT2D eigenvalue weighted by molar-refractivity contribution is 7.09. The van der Waals surface area contributed by atoms with Gasteiger partial charge in [-0.05, 0) is 30.5 Å². The molecule has 1 saturated heterocycles. The van der Waals surface area contributed by atoms with E-state index in [1.165, 1.54) is 11.6 Å². The maximum atomic E-state index is 14.2. The molecule has 0 bridgehead atoms. The van der Waals surface area contributed by atoms with Gasteiger partial charge in [-0.15, -0.1) is 11.3 Å². The van der Waals surface area contributed by atoms with Crippen molar-refractivity contribution in [1.29, 1.82) is 0 Å². The van der Waals surface area contributed by atoms with Crippen LogP contribution in [0, 0.1) is 5.82 Å². The van der Waals surface area contributed by atoms with Gasteiger partial charge in [0.1, 0.15) is 10.8 Å². The molecule has 3 aromatic rings. The van der Waals surface area contributed by atoms with Gasteiger partial charge in [-0.25, -0.2) is 9.37 Å². The van der Waals surface area contributed by atoms with Gasteiger partial charge in [0.2, 0.25) is 0 Å². The van der Waals surface area contributed by atoms with E-state index in [-0.39, 0.29) is 11.4 Å². The molecule has 4 rings (SSSR count). The number of likely N-dealkylation sites (tertiary alicyclic amines) is 1. The van der Waals surface area contributed by atoms with Gasteiger partial charge in [0, 0.05) is 31.2 Å². The molecule has 26 heavy (non-hydrogen) atoms. The van der Waals surface area contributed by atoms with E-state index in [9.17, 15) is 4.39 Å². The zero-order valence-corrected chi connectivity index (χ0v) is 15.4. The normalized spacial score (nSPS) is 17.1. The fraction of sp³-hybridized carbons (Fsp3) is 0.286. The van der Waals surface area contributed by atoms with Gasteiger partial charge in [-0.2, -0.15) is 0 Å². The Bertz CT molecular complexity index is 827. The van der Waals surface area contributed by atoms with Crippen LogP contribution in [0.5, 0.6) is 0 Å². The lowest BCUT2D eigenvalue weighted by Gasteiger charge is -2.42. The Labute approximate surface area is 157 Å². The fourth-order valence-corrected chi connectivity index (χ4v) is 4.46. The highest BCUT2D eigenvalue weighted by Crippen LogP contribution is 2.38. The van der Waals surface area contributed by atoms with E-state index in [1.54, 1.807) is 23.5 Å². The highest BCUT2D eigenvalue weighted by atomic mass is 32.1. The topological polar surface area (TPSA) is 28.2 Å². The minimum absolute atomic E-state index is 0.213. The molecule has 0 aliphatic carbocycles. The van der Waals surface area contributed by atoms with Gasteiger partial charge >= 0.3 is 0 Å². The van der Waals surface area contributed by atoms with Gasteiger partial charge in [0.05, 0.1) is 11.2 Å². The summed E-state index contributed by atoms with van der Waals surface area (Å²) in [7, 11) is 0. The quantitative estimate of drug-likeness (QED) is 0.696. The molecule has 1 aromatic heterocycles. The first-order valence-corrected chi connectivity index (χ1v) is 9.82. The molecule has 0 atom stereocenters. The maximum Gasteiger partial charge on any atom is 0.146 e. The van der Waals surface area contributed by atoms with Crippen molar-refractivity contribution in [3.63, 3.8) is 0 Å². The summed E-state index contributed by atoms with van der Waals surface area (Å²) in [5, 5.41) is 6.53. The number of benzene rings is 2. The maximum absolute atomic E-state index is 14.2. The highest BCUT2D eigenvalue weighted by Gasteiger charge is 2.38. The van der Waals surface area contributed by atoms with Crippen LogP contribution in [0.1, 0.15) is 23.4 Å². The lowest BCUT2D eigenvalue weighted by atomic mass is 9.87. The largest absolute Gasteiger partial charge is 0.371 e. The molecule has 0 unspecified atom stereocenters. The van der Waals surface area contributed by atoms with Crippen molar-refractivity contribution in [3.8, 4) is 0 Å². The number of nitrogens with one attached hydrogen (secondary N) is 1. The second-order valence-electron chi connectivity index (χ2n) is 6.79. The number of para-hydroxylation sites is 1. The van der Waals surface area contributed by atoms with Crippen LogP contribution in [0.25, 0.3) is 0 Å². The monoisotopic (exact) mass is 367 g/mol. The minimum atomic E-state index is -0.302. The first-order valence-electron chi connectivity index (χ1n) is 8.94. The van der Waals surface area contributed by atoms with Crippen molar-refractivity contribution in [2.45, 2.75) is 24.9 Å². The molecular weight excluding hydrogens is 345 g/mol. The summed E-state index contributed by atoms with van der Waals surface area (Å²) in [5.41, 5.74) is 1.58. The first-order chi connectivity index (χ1) is 12.8. The van der Waals surface area contributed by atoms with Crippen LogP contribution >= 0.6 is 11.3 Å². The van der Waals surface area contributed by atoms with Gasteiger partial charge in [-0.3, -0.25) is 4.90 Å². The average Bonchev–Trinajstić information content (AvgIpc) is 3.22. The molecule has 2 heterocycles. The van der Waals surface area contributed by atoms with Crippen LogP contribution in [-0.4, -0.2) is 23.0 Å². The summed E-state index contributed by atoms with van der Waals surface area (Å²) >= 11 is 1.64. The van der Waals surface area contributed by atoms with Gasteiger partial charge in [0.15, 0.2) is 0 Å². The molecule has 1 fully saturated rings. The van der Waals surface area contributed by atoms with Gasteiger partial charge in [-0.1, -0.05) is 42.5 Å². The van der Waals surface area contributed by atoms with Crippen molar-refractivity contribution in [2.75, 3.05) is 18.4 Å². The summed E-state index contributed by atoms with van der Waals surface area (Å²) in [6.45, 7) is 2.86. The standard InChI is InChI=1S/C21H22FN3S/c22-18-8-4-5-9-19(18)24-21(20-23-12-15-26-20)10-13-25(14-11-21)16-17-6-2-1-3-7-17/h1-9,12,15,24H,10-11,13-14,16H2. The molecule has 0 spiro atoms. The number of hydrogen-bond donors (Lipinski definition) is 1. The lowest BCUT2D eigenvalue weighted by Crippen LogP contribution is -2.47. The van der Waals surface area contributed by atoms with E-state index in [0.717, 1.165) is 37.5 Å². The van der Waals surface area contributed by atoms with E-state index in [4.69, 9.17) is 0 Å². The number of aromatic nitrogens is 1. The number of nitrogens with zero attached hydrogens (tertiary/aromatic N) is 2. The van der Waals surface area contributed by atoms with E-state index in [1.807, 2.05) is 23.7 Å². The Hall–Kier alpha value is -2.24. The van der Waals surface area contributed by atoms with Gasteiger partial charge in [0.25, 0.3) is 0 Å². The summed E-state index contributed by atoms with van der Waals surface area (Å²) in [4.78, 5) is 7.02. The molecule has 5 heteroatoms. The molecule has 0 saturated carbocycles. The van der Waals surface area contributed by atoms with E-state index >= 15 is 0 Å². The Morgan fingerprint density at radius 2 is 1.77 bits per heavy atom. The molecule has 0 amide bonds. The van der Waals surface area contributed by atoms with E-state index in [2.05, 4.69) is 39.5 Å². The Morgan fingerprint density at radius 1 is 1.04 bits per heavy atom. The molecule has 3 nitrogen and oxygen atoms in total. The van der Waals surface area contributed by atoms with Crippen molar-refractivity contribution < 1.29 is 4.39 Å². The van der Waals surface area contributed by atoms with Crippen molar-refractivity contribution >= 4 is 17.0 Å². The number of thiazole rings is 1. The number of halogens is 1. The first kappa shape index (κ1) is 17.2. The lowest BCUT2D eigenvalue weighted by molar-refractivity contribution is 0.166. The van der Waals surface area contributed by atoms with Crippen molar-refractivity contribution in [2.24, 2.45) is 0 Å². The van der Waals surface area contributed by atoms with Crippen LogP contribution in [0.3, 0.4) is 0 Å². The van der Waals surface area contributed by atoms with Crippen LogP contribution < -0.4 is 5.32 Å². The van der Waals surface area contributed by atoms with E-state index < -0.39 is 0 Å². The Kier molecular flexibility index (Phi) is 5.00. The smallest absolute Gasteiger partial charge is 0.146 e. The van der Waals surface area contributed by atoms with Crippen LogP contribution in [-0.2, 0) is 12.1 Å². The molecule has 1 aliphatic heterocycles. The summed E-state index contributed by atoms with van der Waals surface area (Å²) < 4.78 is 14.2. The SMILES string of the molecule is Fc1ccccc1NC1(c2nccs2)CCN(Cc2ccccc2)CC1. The average molecular weight is 367 g/mol. The van der Waals surface area contributed by atoms with Crippen LogP contribution in [0.15, 0.2) is 66.2 Å². The summed E-state index contributed by atoms with van der Waals surface area (Å²) in [6, 6.07) is 17.4. The Morgan fingerprint density at radius 3 is 2.46 bits per heavy atom. The third kappa shape index (κ3) is 3.64. The molecule has 0 radical (unpaired) electrons. The molecule has 134 valence electrons. The molecular formula is C21H22FN3S. The zero-order chi connectivity index (χ0) is 17.8. The van der Waals surface area contributed by atoms with Crippen LogP contribution in [0.2, 0.25) is 0 Å². The predicted molar refractivity (Wildman–Crippen MR) is 105 cm³/mol. The fourth-order valence-electron chi connectivity index (χ4n) is 3.61. The number of piperidine rings is 1. The van der Waals surface area contributed by atoms with E-state index in [0.29, 0.717) is 5.69 Å². The third-order valence-electron chi connectivity index (χ3n) is 5.05. The molecule has 2 aromatic carbocycles. The number of rotatable bonds is 5. The number of hydrogen-bond acceptors (Lipinski definition) is 4. The van der Waals surface area contributed by atoms with Crippen molar-refractivity contribution in [1.82, 2.24) is 9.88 Å². The van der Waals surface area contributed by atoms with Crippen LogP contribution in [0.4, 0.5) is 10.1 Å². The second-order valence-corrected chi connectivity index (χ2v) is 7.68. The summed E-state index contributed by atoms with van der Waals surface area (Å²) in [5.74, 6) is -0.213. The molecule has 1 aliphatic rings. The molecule has 1 N–H and O–H groups in total. The van der Waals surface area contributed by atoms with Crippen molar-refractivity contribution in [3.05, 3.63) is 82.6 Å². The summed E-state index contributed by atoms with van der Waals surface area (Å²) in [6.07, 6.45) is 3.64. The third-order valence-corrected chi connectivity index (χ3v) is 6.03. The predicted octanol–water partition coefficient (Wildman–Crippen LogP) is 4.89. The minimum Gasteiger partial charge on any atom is -0.371 e. The Balaban J connectivity index is 1.52. The zero-order valence-electron chi connectivity index (χ0n) is 14.6. The second kappa shape index (κ2) is 7.56. The van der Waals surface area contributed by atoms with Gasteiger partial charge < -0.3 is 5.32 Å².